The molecule has 0 saturated carbocycles. The van der Waals surface area contributed by atoms with Crippen molar-refractivity contribution in [3.8, 4) is 35.7 Å². The van der Waals surface area contributed by atoms with Crippen LogP contribution in [0.2, 0.25) is 0 Å². The fourth-order valence-corrected chi connectivity index (χ4v) is 9.90. The SMILES string of the molecule is CCC(C)(CNC(=O)c1cc(OC)on1)N(C)C.CCC(C)(CNC(=O)c1noc(OC)c1C)N(C)C.CCN(C)C(C)(C)CNC(=O)c1cc(OC)on1.CCN(C)C(C)(C)CNC(=O)c1noc(OC)c1C.CCN(C)C(C)(CC)CNC(=O)c1cc(OC)on1.CCN(C)C(C)(CC)CNC(=O)c1noc(OC)c1C. The summed E-state index contributed by atoms with van der Waals surface area (Å²) >= 11 is 0. The number of rotatable bonds is 38. The molecule has 0 aliphatic rings. The van der Waals surface area contributed by atoms with Gasteiger partial charge in [-0.1, -0.05) is 86.3 Å². The number of hydrogen-bond donors (Lipinski definition) is 6. The third kappa shape index (κ3) is 30.5. The van der Waals surface area contributed by atoms with Crippen molar-refractivity contribution >= 4 is 35.4 Å². The van der Waals surface area contributed by atoms with Crippen LogP contribution in [0.15, 0.2) is 45.3 Å². The lowest BCUT2D eigenvalue weighted by Gasteiger charge is -2.37. The van der Waals surface area contributed by atoms with Gasteiger partial charge in [0.15, 0.2) is 34.2 Å². The first-order valence-corrected chi connectivity index (χ1v) is 37.8. The number of likely N-dealkylation sites (N-methyl/N-ethyl adjacent to an activating group) is 6. The molecule has 0 radical (unpaired) electrons. The maximum absolute atomic E-state index is 12.2. The van der Waals surface area contributed by atoms with E-state index < -0.39 is 0 Å². The molecule has 4 unspecified atom stereocenters. The zero-order chi connectivity index (χ0) is 86.6. The lowest BCUT2D eigenvalue weighted by atomic mass is 9.96. The van der Waals surface area contributed by atoms with Crippen molar-refractivity contribution in [3.63, 3.8) is 0 Å². The first-order chi connectivity index (χ1) is 52.9. The van der Waals surface area contributed by atoms with Crippen LogP contribution in [0.3, 0.4) is 0 Å². The average molecular weight is 1600 g/mol. The van der Waals surface area contributed by atoms with E-state index in [9.17, 15) is 28.8 Å². The van der Waals surface area contributed by atoms with Crippen LogP contribution < -0.4 is 60.3 Å². The summed E-state index contributed by atoms with van der Waals surface area (Å²) in [4.78, 5) is 84.9. The van der Waals surface area contributed by atoms with E-state index in [0.29, 0.717) is 56.0 Å². The van der Waals surface area contributed by atoms with Gasteiger partial charge in [0.2, 0.25) is 0 Å². The Morgan fingerprint density at radius 2 is 0.540 bits per heavy atom. The molecule has 6 rings (SSSR count). The quantitative estimate of drug-likeness (QED) is 0.0211. The summed E-state index contributed by atoms with van der Waals surface area (Å²) < 4.78 is 58.6. The van der Waals surface area contributed by atoms with Crippen LogP contribution >= 0.6 is 0 Å². The number of carbonyl (C=O) groups is 6. The van der Waals surface area contributed by atoms with Gasteiger partial charge in [-0.25, -0.2) is 0 Å². The highest BCUT2D eigenvalue weighted by molar-refractivity contribution is 5.96. The number of amides is 6. The van der Waals surface area contributed by atoms with Crippen molar-refractivity contribution in [1.82, 2.24) is 92.2 Å². The topological polar surface area (TPSA) is 406 Å². The summed E-state index contributed by atoms with van der Waals surface area (Å²) in [6.07, 6.45) is 3.75. The van der Waals surface area contributed by atoms with E-state index in [4.69, 9.17) is 55.6 Å². The summed E-state index contributed by atoms with van der Waals surface area (Å²) in [7, 11) is 25.0. The minimum Gasteiger partial charge on any atom is -0.467 e. The summed E-state index contributed by atoms with van der Waals surface area (Å²) in [5, 5.41) is 39.4. The van der Waals surface area contributed by atoms with Gasteiger partial charge in [-0.05, 0) is 184 Å². The number of nitrogens with zero attached hydrogens (tertiary/aromatic N) is 12. The summed E-state index contributed by atoms with van der Waals surface area (Å²) in [6.45, 7) is 45.7. The zero-order valence-corrected chi connectivity index (χ0v) is 73.8. The maximum atomic E-state index is 12.2. The van der Waals surface area contributed by atoms with Crippen molar-refractivity contribution in [3.05, 3.63) is 69.1 Å². The van der Waals surface area contributed by atoms with Gasteiger partial charge in [-0.15, -0.1) is 0 Å². The number of ether oxygens (including phenoxy) is 6. The van der Waals surface area contributed by atoms with Gasteiger partial charge in [0.1, 0.15) is 0 Å². The van der Waals surface area contributed by atoms with Gasteiger partial charge in [0, 0.05) is 72.5 Å². The molecule has 642 valence electrons. The minimum atomic E-state index is -0.264. The minimum absolute atomic E-state index is 0.0712. The van der Waals surface area contributed by atoms with Gasteiger partial charge in [0.05, 0.1) is 77.5 Å². The molecule has 113 heavy (non-hydrogen) atoms. The predicted molar refractivity (Wildman–Crippen MR) is 430 cm³/mol. The van der Waals surface area contributed by atoms with Crippen molar-refractivity contribution < 1.29 is 84.3 Å². The third-order valence-electron chi connectivity index (χ3n) is 21.5. The number of hydrogen-bond acceptors (Lipinski definition) is 30. The molecule has 6 amide bonds. The van der Waals surface area contributed by atoms with Crippen LogP contribution in [0.25, 0.3) is 0 Å². The number of aromatic nitrogens is 6. The number of nitrogens with one attached hydrogen (secondary N) is 6. The molecule has 0 aliphatic heterocycles. The van der Waals surface area contributed by atoms with Crippen LogP contribution in [-0.2, 0) is 0 Å². The normalized spacial score (nSPS) is 13.4. The molecule has 36 heteroatoms. The molecule has 0 saturated heterocycles. The molecule has 6 aromatic heterocycles. The van der Waals surface area contributed by atoms with Crippen molar-refractivity contribution in [2.24, 2.45) is 0 Å². The fourth-order valence-electron chi connectivity index (χ4n) is 9.90. The largest absolute Gasteiger partial charge is 0.467 e. The van der Waals surface area contributed by atoms with Crippen LogP contribution in [0.5, 0.6) is 35.7 Å². The third-order valence-corrected chi connectivity index (χ3v) is 21.5. The molecule has 0 fully saturated rings. The first-order valence-electron chi connectivity index (χ1n) is 37.8. The van der Waals surface area contributed by atoms with E-state index in [0.717, 1.165) is 51.9 Å². The fraction of sp³-hybridized carbons (Fsp3) is 0.688. The molecule has 6 heterocycles. The Labute approximate surface area is 669 Å². The van der Waals surface area contributed by atoms with Gasteiger partial charge in [-0.2, -0.15) is 0 Å². The lowest BCUT2D eigenvalue weighted by molar-refractivity contribution is 0.0870. The Balaban J connectivity index is 0.000000678. The van der Waals surface area contributed by atoms with E-state index in [1.807, 2.05) is 42.3 Å². The monoisotopic (exact) mass is 1600 g/mol. The molecule has 0 bridgehead atoms. The highest BCUT2D eigenvalue weighted by atomic mass is 16.6. The molecule has 4 atom stereocenters. The Morgan fingerprint density at radius 3 is 0.735 bits per heavy atom. The second kappa shape index (κ2) is 48.0. The van der Waals surface area contributed by atoms with Crippen LogP contribution in [0, 0.1) is 20.8 Å². The van der Waals surface area contributed by atoms with Gasteiger partial charge in [0.25, 0.3) is 35.4 Å². The van der Waals surface area contributed by atoms with E-state index in [2.05, 4.69) is 217 Å². The standard InChI is InChI=1S/C14H25N3O3.3C13H23N3O3.2C12H21N3O3/c1-7-14(4,17(5)8-2)9-15-12(18)11-10(3)13(19-6)20-16-11;1-7-13(3,16(4)5)8-14-11(17)10-9(2)12(18-6)19-15-10;1-7-16(5)13(3,4)8-14-11(17)10-9(2)12(18-6)19-15-10;1-6-13(3,16(4)7-2)9-14-12(17)10-8-11(18-5)19-15-10;1-6-12(2,15(3)4)8-13-11(16)9-7-10(17-5)18-14-9;1-6-15(4)12(2,3)8-13-11(16)9-7-10(17-5)18-14-9/h7-9H2,1-6H3,(H,15,18);2*7-8H2,1-6H3,(H,14,17);8H,6-7,9H2,1-5H3,(H,14,17);2*7H,6,8H2,1-5H3,(H,13,16). The maximum Gasteiger partial charge on any atom is 0.314 e. The average Bonchev–Trinajstić information content (AvgIpc) is 1.75. The number of methoxy groups -OCH3 is 6. The van der Waals surface area contributed by atoms with E-state index in [1.54, 1.807) is 20.8 Å². The lowest BCUT2D eigenvalue weighted by Crippen LogP contribution is -2.51. The summed E-state index contributed by atoms with van der Waals surface area (Å²) in [5.41, 5.74) is 2.80. The van der Waals surface area contributed by atoms with Crippen LogP contribution in [0.4, 0.5) is 0 Å². The highest BCUT2D eigenvalue weighted by Crippen LogP contribution is 2.26. The molecular weight excluding hydrogens is 1460 g/mol. The molecular formula is C77H136N18O18. The van der Waals surface area contributed by atoms with Gasteiger partial charge in [-0.3, -0.25) is 48.4 Å². The Kier molecular flexibility index (Phi) is 43.2. The predicted octanol–water partition coefficient (Wildman–Crippen LogP) is 8.57. The molecule has 6 N–H and O–H groups in total. The van der Waals surface area contributed by atoms with Crippen molar-refractivity contribution in [2.75, 3.05) is 164 Å². The second-order valence-electron chi connectivity index (χ2n) is 29.6. The van der Waals surface area contributed by atoms with E-state index in [-0.39, 0.29) is 139 Å². The summed E-state index contributed by atoms with van der Waals surface area (Å²) in [6, 6.07) is 4.41. The molecule has 6 aromatic rings. The van der Waals surface area contributed by atoms with Crippen LogP contribution in [-0.4, -0.2) is 294 Å². The zero-order valence-electron chi connectivity index (χ0n) is 73.8. The van der Waals surface area contributed by atoms with Crippen molar-refractivity contribution in [1.29, 1.82) is 0 Å². The van der Waals surface area contributed by atoms with E-state index in [1.165, 1.54) is 60.9 Å². The van der Waals surface area contributed by atoms with E-state index >= 15 is 0 Å². The Bertz CT molecular complexity index is 3800. The second-order valence-corrected chi connectivity index (χ2v) is 29.6. The summed E-state index contributed by atoms with van der Waals surface area (Å²) in [5.74, 6) is 0.00159. The Morgan fingerprint density at radius 1 is 0.319 bits per heavy atom. The molecule has 0 spiro atoms. The van der Waals surface area contributed by atoms with Gasteiger partial charge >= 0.3 is 35.7 Å². The molecule has 36 nitrogen and oxygen atoms in total. The van der Waals surface area contributed by atoms with Gasteiger partial charge < -0.3 is 97.3 Å². The smallest absolute Gasteiger partial charge is 0.314 e. The van der Waals surface area contributed by atoms with Crippen LogP contribution in [0.1, 0.15) is 216 Å². The highest BCUT2D eigenvalue weighted by Gasteiger charge is 2.33. The molecule has 0 aliphatic carbocycles. The number of carbonyl (C=O) groups excluding carboxylic acids is 6. The van der Waals surface area contributed by atoms with Crippen molar-refractivity contribution in [2.45, 2.75) is 190 Å². The molecule has 0 aromatic carbocycles. The first kappa shape index (κ1) is 102. The Hall–Kier alpha value is -9.36.